The molecule has 17 heavy (non-hydrogen) atoms. The van der Waals surface area contributed by atoms with Crippen molar-refractivity contribution in [3.8, 4) is 0 Å². The Bertz CT molecular complexity index is 398. The first-order chi connectivity index (χ1) is 8.06. The summed E-state index contributed by atoms with van der Waals surface area (Å²) in [6.07, 6.45) is 1.43. The summed E-state index contributed by atoms with van der Waals surface area (Å²) in [6.45, 7) is 0.733. The van der Waals surface area contributed by atoms with Crippen LogP contribution in [0.3, 0.4) is 0 Å². The molecule has 1 saturated carbocycles. The first kappa shape index (κ1) is 12.0. The Morgan fingerprint density at radius 1 is 1.41 bits per heavy atom. The summed E-state index contributed by atoms with van der Waals surface area (Å²) < 4.78 is 12.7. The van der Waals surface area contributed by atoms with E-state index in [2.05, 4.69) is 4.90 Å². The van der Waals surface area contributed by atoms with Gasteiger partial charge in [0.2, 0.25) is 0 Å². The molecule has 0 bridgehead atoms. The van der Waals surface area contributed by atoms with Crippen LogP contribution in [0.4, 0.5) is 4.39 Å². The molecule has 0 aliphatic heterocycles. The number of carboxylic acids is 1. The molecular formula is C13H16FNO2. The molecule has 0 heterocycles. The highest BCUT2D eigenvalue weighted by atomic mass is 19.1. The predicted molar refractivity (Wildman–Crippen MR) is 62.0 cm³/mol. The predicted octanol–water partition coefficient (Wildman–Crippen LogP) is 2.12. The molecule has 2 rings (SSSR count). The Hall–Kier alpha value is -1.42. The van der Waals surface area contributed by atoms with Crippen molar-refractivity contribution in [2.24, 2.45) is 5.92 Å². The van der Waals surface area contributed by atoms with E-state index in [9.17, 15) is 9.18 Å². The van der Waals surface area contributed by atoms with E-state index in [1.165, 1.54) is 12.1 Å². The third-order valence-electron chi connectivity index (χ3n) is 3.43. The first-order valence-electron chi connectivity index (χ1n) is 5.73. The van der Waals surface area contributed by atoms with E-state index >= 15 is 0 Å². The minimum atomic E-state index is -0.698. The van der Waals surface area contributed by atoms with E-state index < -0.39 is 5.97 Å². The summed E-state index contributed by atoms with van der Waals surface area (Å²) in [5.74, 6) is -1.11. The fourth-order valence-electron chi connectivity index (χ4n) is 2.16. The van der Waals surface area contributed by atoms with Gasteiger partial charge in [-0.1, -0.05) is 12.1 Å². The monoisotopic (exact) mass is 237 g/mol. The summed E-state index contributed by atoms with van der Waals surface area (Å²) in [6, 6.07) is 6.76. The Morgan fingerprint density at radius 3 is 2.53 bits per heavy atom. The van der Waals surface area contributed by atoms with Crippen LogP contribution >= 0.6 is 0 Å². The van der Waals surface area contributed by atoms with Gasteiger partial charge < -0.3 is 5.11 Å². The summed E-state index contributed by atoms with van der Waals surface area (Å²) in [7, 11) is 1.98. The van der Waals surface area contributed by atoms with Gasteiger partial charge in [-0.2, -0.15) is 0 Å². The summed E-state index contributed by atoms with van der Waals surface area (Å²) >= 11 is 0. The third-order valence-corrected chi connectivity index (χ3v) is 3.43. The maximum Gasteiger partial charge on any atom is 0.306 e. The van der Waals surface area contributed by atoms with Gasteiger partial charge in [-0.05, 0) is 37.6 Å². The zero-order valence-corrected chi connectivity index (χ0v) is 9.77. The lowest BCUT2D eigenvalue weighted by molar-refractivity contribution is -0.146. The molecule has 0 saturated heterocycles. The van der Waals surface area contributed by atoms with Crippen LogP contribution < -0.4 is 0 Å². The number of carboxylic acid groups (broad SMARTS) is 1. The zero-order chi connectivity index (χ0) is 12.4. The molecule has 1 aromatic carbocycles. The average Bonchev–Trinajstić information content (AvgIpc) is 2.18. The fraction of sp³-hybridized carbons (Fsp3) is 0.462. The fourth-order valence-corrected chi connectivity index (χ4v) is 2.16. The molecule has 1 fully saturated rings. The molecule has 92 valence electrons. The molecule has 0 radical (unpaired) electrons. The van der Waals surface area contributed by atoms with Crippen molar-refractivity contribution in [2.75, 3.05) is 7.05 Å². The van der Waals surface area contributed by atoms with E-state index in [1.54, 1.807) is 12.1 Å². The van der Waals surface area contributed by atoms with Gasteiger partial charge in [-0.15, -0.1) is 0 Å². The number of aliphatic carboxylic acids is 1. The number of nitrogens with zero attached hydrogens (tertiary/aromatic N) is 1. The lowest BCUT2D eigenvalue weighted by atomic mass is 9.79. The quantitative estimate of drug-likeness (QED) is 0.872. The highest BCUT2D eigenvalue weighted by molar-refractivity contribution is 5.71. The highest BCUT2D eigenvalue weighted by Crippen LogP contribution is 2.31. The van der Waals surface area contributed by atoms with Crippen LogP contribution in [0.2, 0.25) is 0 Å². The number of carbonyl (C=O) groups is 1. The minimum Gasteiger partial charge on any atom is -0.481 e. The van der Waals surface area contributed by atoms with E-state index in [0.717, 1.165) is 12.1 Å². The smallest absolute Gasteiger partial charge is 0.306 e. The lowest BCUT2D eigenvalue weighted by Crippen LogP contribution is -2.44. The molecule has 0 unspecified atom stereocenters. The molecule has 0 aromatic heterocycles. The van der Waals surface area contributed by atoms with Crippen molar-refractivity contribution in [1.29, 1.82) is 0 Å². The second-order valence-electron chi connectivity index (χ2n) is 4.70. The number of rotatable bonds is 4. The third kappa shape index (κ3) is 2.82. The standard InChI is InChI=1S/C13H16FNO2/c1-15(12-6-10(7-12)13(16)17)8-9-2-4-11(14)5-3-9/h2-5,10,12H,6-8H2,1H3,(H,16,17). The Labute approximate surface area is 99.9 Å². The molecule has 3 nitrogen and oxygen atoms in total. The molecule has 1 N–H and O–H groups in total. The average molecular weight is 237 g/mol. The maximum atomic E-state index is 12.7. The van der Waals surface area contributed by atoms with Gasteiger partial charge in [0.25, 0.3) is 0 Å². The molecule has 1 aliphatic carbocycles. The molecular weight excluding hydrogens is 221 g/mol. The lowest BCUT2D eigenvalue weighted by Gasteiger charge is -2.39. The zero-order valence-electron chi connectivity index (χ0n) is 9.77. The normalized spacial score (nSPS) is 23.5. The van der Waals surface area contributed by atoms with E-state index in [4.69, 9.17) is 5.11 Å². The first-order valence-corrected chi connectivity index (χ1v) is 5.73. The molecule has 1 aromatic rings. The SMILES string of the molecule is CN(Cc1ccc(F)cc1)C1CC(C(=O)O)C1. The van der Waals surface area contributed by atoms with Crippen molar-refractivity contribution < 1.29 is 14.3 Å². The maximum absolute atomic E-state index is 12.7. The molecule has 0 amide bonds. The van der Waals surface area contributed by atoms with Crippen LogP contribution in [-0.4, -0.2) is 29.1 Å². The summed E-state index contributed by atoms with van der Waals surface area (Å²) in [5.41, 5.74) is 1.05. The van der Waals surface area contributed by atoms with Crippen molar-refractivity contribution in [3.63, 3.8) is 0 Å². The van der Waals surface area contributed by atoms with E-state index in [1.807, 2.05) is 7.05 Å². The van der Waals surface area contributed by atoms with Crippen LogP contribution in [0.25, 0.3) is 0 Å². The van der Waals surface area contributed by atoms with E-state index in [0.29, 0.717) is 18.9 Å². The molecule has 4 heteroatoms. The van der Waals surface area contributed by atoms with Gasteiger partial charge in [-0.25, -0.2) is 4.39 Å². The Balaban J connectivity index is 1.84. The topological polar surface area (TPSA) is 40.5 Å². The van der Waals surface area contributed by atoms with Gasteiger partial charge in [0.15, 0.2) is 0 Å². The van der Waals surface area contributed by atoms with Crippen LogP contribution in [0, 0.1) is 11.7 Å². The van der Waals surface area contributed by atoms with Crippen LogP contribution in [0.5, 0.6) is 0 Å². The van der Waals surface area contributed by atoms with Crippen molar-refractivity contribution >= 4 is 5.97 Å². The molecule has 0 spiro atoms. The minimum absolute atomic E-state index is 0.185. The van der Waals surface area contributed by atoms with E-state index in [-0.39, 0.29) is 11.7 Å². The van der Waals surface area contributed by atoms with Gasteiger partial charge in [0.1, 0.15) is 5.82 Å². The van der Waals surface area contributed by atoms with Crippen molar-refractivity contribution in [2.45, 2.75) is 25.4 Å². The van der Waals surface area contributed by atoms with Gasteiger partial charge in [0, 0.05) is 12.6 Å². The Morgan fingerprint density at radius 2 is 2.00 bits per heavy atom. The molecule has 0 atom stereocenters. The summed E-state index contributed by atoms with van der Waals surface area (Å²) in [5, 5.41) is 8.79. The van der Waals surface area contributed by atoms with Gasteiger partial charge >= 0.3 is 5.97 Å². The largest absolute Gasteiger partial charge is 0.481 e. The summed E-state index contributed by atoms with van der Waals surface area (Å²) in [4.78, 5) is 12.8. The van der Waals surface area contributed by atoms with Crippen LogP contribution in [0.15, 0.2) is 24.3 Å². The number of halogens is 1. The highest BCUT2D eigenvalue weighted by Gasteiger charge is 2.36. The van der Waals surface area contributed by atoms with Crippen LogP contribution in [0.1, 0.15) is 18.4 Å². The molecule has 1 aliphatic rings. The van der Waals surface area contributed by atoms with Gasteiger partial charge in [0.05, 0.1) is 5.92 Å². The van der Waals surface area contributed by atoms with Gasteiger partial charge in [-0.3, -0.25) is 9.69 Å². The number of benzene rings is 1. The number of hydrogen-bond donors (Lipinski definition) is 1. The Kier molecular flexibility index (Phi) is 3.43. The second-order valence-corrected chi connectivity index (χ2v) is 4.70. The van der Waals surface area contributed by atoms with Crippen molar-refractivity contribution in [3.05, 3.63) is 35.6 Å². The number of hydrogen-bond acceptors (Lipinski definition) is 2. The van der Waals surface area contributed by atoms with Crippen molar-refractivity contribution in [1.82, 2.24) is 4.90 Å². The second kappa shape index (κ2) is 4.84. The van der Waals surface area contributed by atoms with Crippen LogP contribution in [-0.2, 0) is 11.3 Å².